The molecule has 150 valence electrons. The summed E-state index contributed by atoms with van der Waals surface area (Å²) >= 11 is 7.34. The number of carbonyl (C=O) groups is 1. The molecule has 8 heteroatoms. The van der Waals surface area contributed by atoms with Crippen LogP contribution in [0.25, 0.3) is 0 Å². The monoisotopic (exact) mass is 446 g/mol. The topological polar surface area (TPSA) is 75.3 Å². The van der Waals surface area contributed by atoms with Crippen molar-refractivity contribution < 1.29 is 13.2 Å². The second-order valence-corrected chi connectivity index (χ2v) is 9.27. The van der Waals surface area contributed by atoms with Crippen molar-refractivity contribution in [3.05, 3.63) is 89.4 Å². The van der Waals surface area contributed by atoms with Crippen molar-refractivity contribution >= 4 is 50.7 Å². The highest BCUT2D eigenvalue weighted by Gasteiger charge is 2.14. The third-order valence-corrected chi connectivity index (χ3v) is 6.54. The van der Waals surface area contributed by atoms with E-state index < -0.39 is 10.0 Å². The number of hydrogen-bond donors (Lipinski definition) is 2. The molecule has 0 unspecified atom stereocenters. The molecular formula is C21H19ClN2O3S2. The number of benzene rings is 3. The molecule has 3 aromatic carbocycles. The van der Waals surface area contributed by atoms with Gasteiger partial charge in [-0.15, -0.1) is 11.8 Å². The first-order valence-corrected chi connectivity index (χ1v) is 11.7. The summed E-state index contributed by atoms with van der Waals surface area (Å²) < 4.78 is 27.4. The lowest BCUT2D eigenvalue weighted by atomic mass is 10.2. The van der Waals surface area contributed by atoms with Crippen molar-refractivity contribution in [3.8, 4) is 0 Å². The van der Waals surface area contributed by atoms with Gasteiger partial charge >= 0.3 is 0 Å². The van der Waals surface area contributed by atoms with E-state index in [1.807, 2.05) is 30.3 Å². The normalized spacial score (nSPS) is 11.1. The van der Waals surface area contributed by atoms with Crippen LogP contribution in [-0.4, -0.2) is 20.1 Å². The van der Waals surface area contributed by atoms with E-state index in [1.165, 1.54) is 23.9 Å². The van der Waals surface area contributed by atoms with Crippen molar-refractivity contribution in [2.45, 2.75) is 10.6 Å². The van der Waals surface area contributed by atoms with Crippen molar-refractivity contribution in [2.75, 3.05) is 15.8 Å². The number of nitrogens with one attached hydrogen (secondary N) is 2. The zero-order valence-corrected chi connectivity index (χ0v) is 17.7. The summed E-state index contributed by atoms with van der Waals surface area (Å²) in [5.74, 6) is 0.840. The Morgan fingerprint density at radius 1 is 0.862 bits per heavy atom. The molecule has 3 aromatic rings. The van der Waals surface area contributed by atoms with Crippen molar-refractivity contribution in [3.63, 3.8) is 0 Å². The minimum Gasteiger partial charge on any atom is -0.325 e. The van der Waals surface area contributed by atoms with Gasteiger partial charge in [-0.25, -0.2) is 8.42 Å². The summed E-state index contributed by atoms with van der Waals surface area (Å²) in [7, 11) is -3.68. The number of hydrogen-bond acceptors (Lipinski definition) is 4. The molecule has 0 aromatic heterocycles. The molecule has 0 aliphatic rings. The van der Waals surface area contributed by atoms with Gasteiger partial charge < -0.3 is 5.32 Å². The summed E-state index contributed by atoms with van der Waals surface area (Å²) in [6.07, 6.45) is 0. The summed E-state index contributed by atoms with van der Waals surface area (Å²) in [6, 6.07) is 22.2. The lowest BCUT2D eigenvalue weighted by Gasteiger charge is -2.09. The molecule has 0 spiro atoms. The van der Waals surface area contributed by atoms with Crippen LogP contribution in [0.3, 0.4) is 0 Å². The SMILES string of the molecule is O=C(CSCc1ccc(Cl)cc1)Nc1ccc(S(=O)(=O)Nc2ccccc2)cc1. The van der Waals surface area contributed by atoms with Crippen LogP contribution in [0.2, 0.25) is 5.02 Å². The Morgan fingerprint density at radius 2 is 1.52 bits per heavy atom. The summed E-state index contributed by atoms with van der Waals surface area (Å²) in [5.41, 5.74) is 2.12. The van der Waals surface area contributed by atoms with E-state index in [0.717, 1.165) is 5.56 Å². The van der Waals surface area contributed by atoms with E-state index in [9.17, 15) is 13.2 Å². The molecular weight excluding hydrogens is 428 g/mol. The Balaban J connectivity index is 1.51. The fourth-order valence-corrected chi connectivity index (χ4v) is 4.45. The van der Waals surface area contributed by atoms with Gasteiger partial charge in [0, 0.05) is 22.2 Å². The van der Waals surface area contributed by atoms with Crippen molar-refractivity contribution in [1.29, 1.82) is 0 Å². The highest BCUT2D eigenvalue weighted by Crippen LogP contribution is 2.19. The highest BCUT2D eigenvalue weighted by molar-refractivity contribution is 7.99. The van der Waals surface area contributed by atoms with E-state index in [-0.39, 0.29) is 16.6 Å². The first-order chi connectivity index (χ1) is 13.9. The third-order valence-electron chi connectivity index (χ3n) is 3.89. The molecule has 0 fully saturated rings. The average molecular weight is 447 g/mol. The number of para-hydroxylation sites is 1. The van der Waals surface area contributed by atoms with Gasteiger partial charge in [-0.3, -0.25) is 9.52 Å². The number of thioether (sulfide) groups is 1. The van der Waals surface area contributed by atoms with Gasteiger partial charge in [0.1, 0.15) is 0 Å². The third kappa shape index (κ3) is 6.52. The molecule has 0 saturated heterocycles. The van der Waals surface area contributed by atoms with Crippen molar-refractivity contribution in [2.24, 2.45) is 0 Å². The number of halogens is 1. The smallest absolute Gasteiger partial charge is 0.261 e. The van der Waals surface area contributed by atoms with Crippen molar-refractivity contribution in [1.82, 2.24) is 0 Å². The van der Waals surface area contributed by atoms with Crippen LogP contribution in [0.4, 0.5) is 11.4 Å². The minimum absolute atomic E-state index is 0.122. The van der Waals surface area contributed by atoms with Crippen LogP contribution in [0.5, 0.6) is 0 Å². The fraction of sp³-hybridized carbons (Fsp3) is 0.0952. The fourth-order valence-electron chi connectivity index (χ4n) is 2.48. The van der Waals surface area contributed by atoms with E-state index in [4.69, 9.17) is 11.6 Å². The van der Waals surface area contributed by atoms with Crippen LogP contribution in [0.1, 0.15) is 5.56 Å². The number of anilines is 2. The lowest BCUT2D eigenvalue weighted by molar-refractivity contribution is -0.113. The Bertz CT molecular complexity index is 1060. The maximum atomic E-state index is 12.4. The van der Waals surface area contributed by atoms with Crippen LogP contribution in [0, 0.1) is 0 Å². The van der Waals surface area contributed by atoms with E-state index in [2.05, 4.69) is 10.0 Å². The molecule has 0 bridgehead atoms. The van der Waals surface area contributed by atoms with Crippen LogP contribution < -0.4 is 10.0 Å². The molecule has 0 aliphatic carbocycles. The molecule has 29 heavy (non-hydrogen) atoms. The minimum atomic E-state index is -3.68. The Kier molecular flexibility index (Phi) is 7.19. The van der Waals surface area contributed by atoms with E-state index in [0.29, 0.717) is 22.2 Å². The van der Waals surface area contributed by atoms with Gasteiger partial charge in [0.2, 0.25) is 5.91 Å². The predicted octanol–water partition coefficient (Wildman–Crippen LogP) is 5.01. The molecule has 0 heterocycles. The molecule has 0 saturated carbocycles. The summed E-state index contributed by atoms with van der Waals surface area (Å²) in [6.45, 7) is 0. The quantitative estimate of drug-likeness (QED) is 0.509. The van der Waals surface area contributed by atoms with Gasteiger partial charge in [-0.1, -0.05) is 41.9 Å². The van der Waals surface area contributed by atoms with Crippen LogP contribution in [-0.2, 0) is 20.6 Å². The largest absolute Gasteiger partial charge is 0.325 e. The van der Waals surface area contributed by atoms with Gasteiger partial charge in [-0.2, -0.15) is 0 Å². The van der Waals surface area contributed by atoms with Gasteiger partial charge in [-0.05, 0) is 54.1 Å². The zero-order chi connectivity index (χ0) is 20.7. The van der Waals surface area contributed by atoms with Gasteiger partial charge in [0.15, 0.2) is 0 Å². The summed E-state index contributed by atoms with van der Waals surface area (Å²) in [5, 5.41) is 3.45. The average Bonchev–Trinajstić information content (AvgIpc) is 2.70. The highest BCUT2D eigenvalue weighted by atomic mass is 35.5. The Hall–Kier alpha value is -2.48. The number of amides is 1. The number of sulfonamides is 1. The summed E-state index contributed by atoms with van der Waals surface area (Å²) in [4.78, 5) is 12.2. The molecule has 1 amide bonds. The number of carbonyl (C=O) groups excluding carboxylic acids is 1. The maximum Gasteiger partial charge on any atom is 0.261 e. The maximum absolute atomic E-state index is 12.4. The molecule has 0 radical (unpaired) electrons. The Morgan fingerprint density at radius 3 is 2.17 bits per heavy atom. The van der Waals surface area contributed by atoms with E-state index in [1.54, 1.807) is 36.4 Å². The van der Waals surface area contributed by atoms with Gasteiger partial charge in [0.25, 0.3) is 10.0 Å². The molecule has 2 N–H and O–H groups in total. The van der Waals surface area contributed by atoms with Gasteiger partial charge in [0.05, 0.1) is 10.6 Å². The standard InChI is InChI=1S/C21H19ClN2O3S2/c22-17-8-6-16(7-9-17)14-28-15-21(25)23-18-10-12-20(13-11-18)29(26,27)24-19-4-2-1-3-5-19/h1-13,24H,14-15H2,(H,23,25). The number of rotatable bonds is 8. The second-order valence-electron chi connectivity index (χ2n) is 6.16. The molecule has 0 aliphatic heterocycles. The lowest BCUT2D eigenvalue weighted by Crippen LogP contribution is -2.15. The first-order valence-electron chi connectivity index (χ1n) is 8.72. The first kappa shape index (κ1) is 21.2. The van der Waals surface area contributed by atoms with E-state index >= 15 is 0 Å². The molecule has 0 atom stereocenters. The molecule has 3 rings (SSSR count). The zero-order valence-electron chi connectivity index (χ0n) is 15.3. The van der Waals surface area contributed by atoms with Crippen LogP contribution in [0.15, 0.2) is 83.8 Å². The molecule has 5 nitrogen and oxygen atoms in total. The Labute approximate surface area is 179 Å². The predicted molar refractivity (Wildman–Crippen MR) is 120 cm³/mol. The van der Waals surface area contributed by atoms with Crippen LogP contribution >= 0.6 is 23.4 Å². The second kappa shape index (κ2) is 9.82.